The fourth-order valence-electron chi connectivity index (χ4n) is 2.42. The molecule has 1 aromatic heterocycles. The van der Waals surface area contributed by atoms with Gasteiger partial charge in [-0.2, -0.15) is 0 Å². The van der Waals surface area contributed by atoms with Gasteiger partial charge in [0.15, 0.2) is 0 Å². The van der Waals surface area contributed by atoms with E-state index in [1.807, 2.05) is 42.6 Å². The van der Waals surface area contributed by atoms with Crippen molar-refractivity contribution in [3.63, 3.8) is 0 Å². The number of nitrogens with two attached hydrogens (primary N) is 1. The average Bonchev–Trinajstić information content (AvgIpc) is 2.46. The van der Waals surface area contributed by atoms with Gasteiger partial charge in [-0.05, 0) is 47.9 Å². The van der Waals surface area contributed by atoms with E-state index in [1.165, 1.54) is 16.5 Å². The Labute approximate surface area is 118 Å². The van der Waals surface area contributed by atoms with E-state index in [1.54, 1.807) is 0 Å². The first-order valence-electron chi connectivity index (χ1n) is 6.62. The number of allylic oxidation sites excluding steroid dienone is 1. The third-order valence-electron chi connectivity index (χ3n) is 3.36. The van der Waals surface area contributed by atoms with Crippen molar-refractivity contribution in [2.24, 2.45) is 0 Å². The average molecular weight is 260 g/mol. The first kappa shape index (κ1) is 12.4. The third kappa shape index (κ3) is 2.41. The lowest BCUT2D eigenvalue weighted by atomic mass is 10.00. The number of pyridine rings is 1. The molecule has 98 valence electrons. The standard InChI is InChI=1S/C18H16N2/c1-13(11-14-5-2-6-15(19)12-14)16-7-3-9-18-17(16)8-4-10-20-18/h2-12H,19H2,1H3/b13-11+. The van der Waals surface area contributed by atoms with Gasteiger partial charge >= 0.3 is 0 Å². The van der Waals surface area contributed by atoms with Crippen LogP contribution in [-0.2, 0) is 0 Å². The van der Waals surface area contributed by atoms with Crippen molar-refractivity contribution < 1.29 is 0 Å². The zero-order chi connectivity index (χ0) is 13.9. The van der Waals surface area contributed by atoms with E-state index in [0.717, 1.165) is 16.8 Å². The van der Waals surface area contributed by atoms with Gasteiger partial charge < -0.3 is 5.73 Å². The molecule has 0 aliphatic rings. The second-order valence-corrected chi connectivity index (χ2v) is 4.87. The molecule has 3 aromatic rings. The summed E-state index contributed by atoms with van der Waals surface area (Å²) in [7, 11) is 0. The second kappa shape index (κ2) is 5.17. The molecule has 0 unspecified atom stereocenters. The van der Waals surface area contributed by atoms with Crippen LogP contribution in [0.25, 0.3) is 22.6 Å². The van der Waals surface area contributed by atoms with Gasteiger partial charge in [-0.3, -0.25) is 4.98 Å². The van der Waals surface area contributed by atoms with Crippen LogP contribution in [0.2, 0.25) is 0 Å². The summed E-state index contributed by atoms with van der Waals surface area (Å²) in [4.78, 5) is 4.40. The Morgan fingerprint density at radius 1 is 1.05 bits per heavy atom. The van der Waals surface area contributed by atoms with Gasteiger partial charge in [0.1, 0.15) is 0 Å². The van der Waals surface area contributed by atoms with Crippen LogP contribution in [0.5, 0.6) is 0 Å². The highest BCUT2D eigenvalue weighted by molar-refractivity contribution is 5.95. The molecule has 2 N–H and O–H groups in total. The minimum atomic E-state index is 0.783. The van der Waals surface area contributed by atoms with E-state index in [2.05, 4.69) is 36.2 Å². The number of rotatable bonds is 2. The summed E-state index contributed by atoms with van der Waals surface area (Å²) in [6.45, 7) is 2.12. The fourth-order valence-corrected chi connectivity index (χ4v) is 2.42. The monoisotopic (exact) mass is 260 g/mol. The zero-order valence-electron chi connectivity index (χ0n) is 11.4. The number of benzene rings is 2. The lowest BCUT2D eigenvalue weighted by Crippen LogP contribution is -1.87. The Balaban J connectivity index is 2.11. The van der Waals surface area contributed by atoms with E-state index in [4.69, 9.17) is 5.73 Å². The summed E-state index contributed by atoms with van der Waals surface area (Å²) in [6.07, 6.45) is 3.97. The largest absolute Gasteiger partial charge is 0.399 e. The van der Waals surface area contributed by atoms with E-state index >= 15 is 0 Å². The number of nitrogen functional groups attached to an aromatic ring is 1. The summed E-state index contributed by atoms with van der Waals surface area (Å²) in [5, 5.41) is 1.17. The summed E-state index contributed by atoms with van der Waals surface area (Å²) < 4.78 is 0. The molecule has 2 heteroatoms. The van der Waals surface area contributed by atoms with E-state index in [9.17, 15) is 0 Å². The third-order valence-corrected chi connectivity index (χ3v) is 3.36. The minimum Gasteiger partial charge on any atom is -0.399 e. The summed E-state index contributed by atoms with van der Waals surface area (Å²) in [6, 6.07) is 18.2. The van der Waals surface area contributed by atoms with E-state index < -0.39 is 0 Å². The number of hydrogen-bond donors (Lipinski definition) is 1. The first-order valence-corrected chi connectivity index (χ1v) is 6.62. The Morgan fingerprint density at radius 2 is 1.90 bits per heavy atom. The van der Waals surface area contributed by atoms with Gasteiger partial charge in [0, 0.05) is 17.3 Å². The summed E-state index contributed by atoms with van der Waals surface area (Å²) >= 11 is 0. The van der Waals surface area contributed by atoms with Gasteiger partial charge in [0.2, 0.25) is 0 Å². The molecule has 2 aromatic carbocycles. The Kier molecular flexibility index (Phi) is 3.21. The molecular formula is C18H16N2. The highest BCUT2D eigenvalue weighted by Gasteiger charge is 2.03. The molecular weight excluding hydrogens is 244 g/mol. The molecule has 1 heterocycles. The predicted molar refractivity (Wildman–Crippen MR) is 86.1 cm³/mol. The van der Waals surface area contributed by atoms with Crippen molar-refractivity contribution in [2.75, 3.05) is 5.73 Å². The molecule has 0 fully saturated rings. The summed E-state index contributed by atoms with van der Waals surface area (Å²) in [5.74, 6) is 0. The van der Waals surface area contributed by atoms with Gasteiger partial charge in [-0.15, -0.1) is 0 Å². The molecule has 0 aliphatic carbocycles. The van der Waals surface area contributed by atoms with E-state index in [0.29, 0.717) is 0 Å². The minimum absolute atomic E-state index is 0.783. The molecule has 0 radical (unpaired) electrons. The maximum absolute atomic E-state index is 5.82. The van der Waals surface area contributed by atoms with Gasteiger partial charge in [-0.1, -0.05) is 36.4 Å². The van der Waals surface area contributed by atoms with Crippen molar-refractivity contribution >= 4 is 28.2 Å². The van der Waals surface area contributed by atoms with Gasteiger partial charge in [0.05, 0.1) is 5.52 Å². The molecule has 0 bridgehead atoms. The van der Waals surface area contributed by atoms with Crippen LogP contribution in [0.4, 0.5) is 5.69 Å². The van der Waals surface area contributed by atoms with Crippen LogP contribution in [0.3, 0.4) is 0 Å². The fraction of sp³-hybridized carbons (Fsp3) is 0.0556. The molecule has 0 amide bonds. The normalized spacial score (nSPS) is 11.8. The SMILES string of the molecule is C/C(=C\c1cccc(N)c1)c1cccc2ncccc12. The molecule has 0 saturated carbocycles. The van der Waals surface area contributed by atoms with E-state index in [-0.39, 0.29) is 0 Å². The number of nitrogens with zero attached hydrogens (tertiary/aromatic N) is 1. The van der Waals surface area contributed by atoms with Gasteiger partial charge in [0.25, 0.3) is 0 Å². The van der Waals surface area contributed by atoms with Crippen LogP contribution in [0.15, 0.2) is 60.8 Å². The van der Waals surface area contributed by atoms with Crippen molar-refractivity contribution in [1.82, 2.24) is 4.98 Å². The highest BCUT2D eigenvalue weighted by Crippen LogP contribution is 2.25. The Morgan fingerprint density at radius 3 is 2.75 bits per heavy atom. The smallest absolute Gasteiger partial charge is 0.0708 e. The Hall–Kier alpha value is -2.61. The number of hydrogen-bond acceptors (Lipinski definition) is 2. The molecule has 3 rings (SSSR count). The number of anilines is 1. The maximum Gasteiger partial charge on any atom is 0.0708 e. The van der Waals surface area contributed by atoms with Crippen LogP contribution in [-0.4, -0.2) is 4.98 Å². The number of fused-ring (bicyclic) bond motifs is 1. The molecule has 0 aliphatic heterocycles. The quantitative estimate of drug-likeness (QED) is 0.548. The van der Waals surface area contributed by atoms with Crippen LogP contribution >= 0.6 is 0 Å². The van der Waals surface area contributed by atoms with Crippen LogP contribution < -0.4 is 5.73 Å². The molecule has 0 saturated heterocycles. The molecule has 0 spiro atoms. The second-order valence-electron chi connectivity index (χ2n) is 4.87. The van der Waals surface area contributed by atoms with Crippen molar-refractivity contribution in [1.29, 1.82) is 0 Å². The number of aromatic nitrogens is 1. The Bertz CT molecular complexity index is 783. The van der Waals surface area contributed by atoms with Crippen molar-refractivity contribution in [2.45, 2.75) is 6.92 Å². The lowest BCUT2D eigenvalue weighted by molar-refractivity contribution is 1.41. The van der Waals surface area contributed by atoms with Gasteiger partial charge in [-0.25, -0.2) is 0 Å². The van der Waals surface area contributed by atoms with Crippen LogP contribution in [0, 0.1) is 0 Å². The van der Waals surface area contributed by atoms with Crippen molar-refractivity contribution in [3.05, 3.63) is 71.9 Å². The van der Waals surface area contributed by atoms with Crippen molar-refractivity contribution in [3.8, 4) is 0 Å². The molecule has 0 atom stereocenters. The predicted octanol–water partition coefficient (Wildman–Crippen LogP) is 4.38. The zero-order valence-corrected chi connectivity index (χ0v) is 11.4. The summed E-state index contributed by atoms with van der Waals surface area (Å²) in [5.41, 5.74) is 11.2. The molecule has 20 heavy (non-hydrogen) atoms. The van der Waals surface area contributed by atoms with Crippen LogP contribution in [0.1, 0.15) is 18.1 Å². The highest BCUT2D eigenvalue weighted by atomic mass is 14.6. The lowest BCUT2D eigenvalue weighted by Gasteiger charge is -2.07. The maximum atomic E-state index is 5.82. The first-order chi connectivity index (χ1) is 9.74. The topological polar surface area (TPSA) is 38.9 Å². The molecule has 2 nitrogen and oxygen atoms in total.